The van der Waals surface area contributed by atoms with Gasteiger partial charge in [0.15, 0.2) is 5.78 Å². The topological polar surface area (TPSA) is 44.1 Å². The number of ketones is 1. The number of nitrogens with zero attached hydrogens (tertiary/aromatic N) is 2. The molecule has 1 aromatic heterocycles. The molecule has 1 aliphatic carbocycles. The Morgan fingerprint density at radius 1 is 1.33 bits per heavy atom. The van der Waals surface area contributed by atoms with Gasteiger partial charge in [0.05, 0.1) is 6.42 Å². The largest absolute Gasteiger partial charge is 0.370 e. The first-order valence-electron chi connectivity index (χ1n) is 8.01. The highest BCUT2D eigenvalue weighted by atomic mass is 16.5. The fourth-order valence-electron chi connectivity index (χ4n) is 3.18. The molecule has 1 heterocycles. The summed E-state index contributed by atoms with van der Waals surface area (Å²) in [5.41, 5.74) is -0.276. The van der Waals surface area contributed by atoms with E-state index in [2.05, 4.69) is 30.3 Å². The SMILES string of the molecule is CCCn1ccnc1CC(=O)C1(OC)CCC(C)(C)CC1. The molecule has 0 radical (unpaired) electrons. The highest BCUT2D eigenvalue weighted by molar-refractivity contribution is 5.88. The smallest absolute Gasteiger partial charge is 0.172 e. The maximum Gasteiger partial charge on any atom is 0.172 e. The second-order valence-electron chi connectivity index (χ2n) is 7.00. The lowest BCUT2D eigenvalue weighted by Crippen LogP contribution is -2.46. The van der Waals surface area contributed by atoms with Gasteiger partial charge in [0.2, 0.25) is 0 Å². The first-order chi connectivity index (χ1) is 9.92. The Balaban J connectivity index is 2.09. The van der Waals surface area contributed by atoms with E-state index in [9.17, 15) is 4.79 Å². The van der Waals surface area contributed by atoms with Crippen LogP contribution < -0.4 is 0 Å². The summed E-state index contributed by atoms with van der Waals surface area (Å²) in [7, 11) is 1.68. The molecule has 4 heteroatoms. The van der Waals surface area contributed by atoms with Crippen molar-refractivity contribution < 1.29 is 9.53 Å². The number of ether oxygens (including phenoxy) is 1. The lowest BCUT2D eigenvalue weighted by atomic mass is 9.69. The summed E-state index contributed by atoms with van der Waals surface area (Å²) in [4.78, 5) is 17.2. The highest BCUT2D eigenvalue weighted by Crippen LogP contribution is 2.42. The van der Waals surface area contributed by atoms with Crippen molar-refractivity contribution in [3.05, 3.63) is 18.2 Å². The van der Waals surface area contributed by atoms with Gasteiger partial charge in [-0.3, -0.25) is 4.79 Å². The second kappa shape index (κ2) is 6.30. The van der Waals surface area contributed by atoms with E-state index in [0.717, 1.165) is 44.5 Å². The maximum atomic E-state index is 12.8. The van der Waals surface area contributed by atoms with E-state index in [1.165, 1.54) is 0 Å². The Bertz CT molecular complexity index is 481. The van der Waals surface area contributed by atoms with Crippen LogP contribution in [0, 0.1) is 5.41 Å². The Morgan fingerprint density at radius 3 is 2.57 bits per heavy atom. The zero-order chi connectivity index (χ0) is 15.5. The molecular formula is C17H28N2O2. The number of hydrogen-bond donors (Lipinski definition) is 0. The molecule has 1 saturated carbocycles. The Hall–Kier alpha value is -1.16. The summed E-state index contributed by atoms with van der Waals surface area (Å²) in [6.45, 7) is 7.58. The number of hydrogen-bond acceptors (Lipinski definition) is 3. The van der Waals surface area contributed by atoms with Gasteiger partial charge in [-0.2, -0.15) is 0 Å². The van der Waals surface area contributed by atoms with E-state index in [0.29, 0.717) is 11.8 Å². The Labute approximate surface area is 127 Å². The third kappa shape index (κ3) is 3.54. The van der Waals surface area contributed by atoms with Gasteiger partial charge in [0.25, 0.3) is 0 Å². The number of Topliss-reactive ketones (excluding diaryl/α,β-unsaturated/α-hetero) is 1. The fraction of sp³-hybridized carbons (Fsp3) is 0.765. The summed E-state index contributed by atoms with van der Waals surface area (Å²) in [6.07, 6.45) is 8.87. The van der Waals surface area contributed by atoms with Crippen molar-refractivity contribution >= 4 is 5.78 Å². The van der Waals surface area contributed by atoms with Crippen LogP contribution in [0.1, 0.15) is 58.7 Å². The molecule has 1 fully saturated rings. The lowest BCUT2D eigenvalue weighted by molar-refractivity contribution is -0.147. The summed E-state index contributed by atoms with van der Waals surface area (Å²) in [6, 6.07) is 0. The van der Waals surface area contributed by atoms with Crippen molar-refractivity contribution in [3.8, 4) is 0 Å². The van der Waals surface area contributed by atoms with Gasteiger partial charge in [-0.1, -0.05) is 20.8 Å². The number of aryl methyl sites for hydroxylation is 1. The third-order valence-corrected chi connectivity index (χ3v) is 4.90. The van der Waals surface area contributed by atoms with Gasteiger partial charge in [0, 0.05) is 26.0 Å². The molecule has 0 aliphatic heterocycles. The molecule has 2 rings (SSSR count). The minimum Gasteiger partial charge on any atom is -0.370 e. The van der Waals surface area contributed by atoms with E-state index in [4.69, 9.17) is 4.74 Å². The third-order valence-electron chi connectivity index (χ3n) is 4.90. The van der Waals surface area contributed by atoms with Crippen molar-refractivity contribution in [1.29, 1.82) is 0 Å². The summed E-state index contributed by atoms with van der Waals surface area (Å²) < 4.78 is 7.77. The number of carbonyl (C=O) groups is 1. The van der Waals surface area contributed by atoms with Crippen molar-refractivity contribution in [2.45, 2.75) is 71.4 Å². The van der Waals surface area contributed by atoms with Gasteiger partial charge in [-0.05, 0) is 37.5 Å². The zero-order valence-corrected chi connectivity index (χ0v) is 13.8. The summed E-state index contributed by atoms with van der Waals surface area (Å²) >= 11 is 0. The van der Waals surface area contributed by atoms with Crippen molar-refractivity contribution in [3.63, 3.8) is 0 Å². The number of rotatable bonds is 6. The molecule has 0 saturated heterocycles. The van der Waals surface area contributed by atoms with Crippen LogP contribution in [0.3, 0.4) is 0 Å². The zero-order valence-electron chi connectivity index (χ0n) is 13.8. The van der Waals surface area contributed by atoms with Gasteiger partial charge in [-0.15, -0.1) is 0 Å². The van der Waals surface area contributed by atoms with E-state index in [1.807, 2.05) is 6.20 Å². The number of methoxy groups -OCH3 is 1. The Morgan fingerprint density at radius 2 is 2.00 bits per heavy atom. The standard InChI is InChI=1S/C17H28N2O2/c1-5-11-19-12-10-18-15(19)13-14(20)17(21-4)8-6-16(2,3)7-9-17/h10,12H,5-9,11,13H2,1-4H3. The minimum atomic E-state index is -0.599. The van der Waals surface area contributed by atoms with Crippen LogP contribution in [0.2, 0.25) is 0 Å². The molecule has 0 N–H and O–H groups in total. The van der Waals surface area contributed by atoms with E-state index in [-0.39, 0.29) is 5.78 Å². The molecule has 0 amide bonds. The molecule has 0 atom stereocenters. The van der Waals surface area contributed by atoms with Crippen LogP contribution in [0.4, 0.5) is 0 Å². The predicted molar refractivity (Wildman–Crippen MR) is 83.2 cm³/mol. The molecule has 0 bridgehead atoms. The highest BCUT2D eigenvalue weighted by Gasteiger charge is 2.43. The first kappa shape index (κ1) is 16.2. The average Bonchev–Trinajstić information content (AvgIpc) is 2.87. The van der Waals surface area contributed by atoms with Crippen LogP contribution in [-0.4, -0.2) is 28.0 Å². The number of carbonyl (C=O) groups excluding carboxylic acids is 1. The fourth-order valence-corrected chi connectivity index (χ4v) is 3.18. The number of imidazole rings is 1. The molecule has 21 heavy (non-hydrogen) atoms. The number of aromatic nitrogens is 2. The van der Waals surface area contributed by atoms with Crippen LogP contribution in [-0.2, 0) is 22.5 Å². The molecule has 0 unspecified atom stereocenters. The lowest BCUT2D eigenvalue weighted by Gasteiger charge is -2.41. The molecule has 1 aliphatic rings. The van der Waals surface area contributed by atoms with Crippen LogP contribution in [0.25, 0.3) is 0 Å². The summed E-state index contributed by atoms with van der Waals surface area (Å²) in [5, 5.41) is 0. The van der Waals surface area contributed by atoms with Crippen molar-refractivity contribution in [2.75, 3.05) is 7.11 Å². The monoisotopic (exact) mass is 292 g/mol. The van der Waals surface area contributed by atoms with Gasteiger partial charge in [-0.25, -0.2) is 4.98 Å². The van der Waals surface area contributed by atoms with Crippen molar-refractivity contribution in [2.24, 2.45) is 5.41 Å². The van der Waals surface area contributed by atoms with E-state index >= 15 is 0 Å². The molecule has 1 aromatic rings. The van der Waals surface area contributed by atoms with Gasteiger partial charge >= 0.3 is 0 Å². The van der Waals surface area contributed by atoms with E-state index < -0.39 is 5.60 Å². The van der Waals surface area contributed by atoms with Crippen LogP contribution >= 0.6 is 0 Å². The minimum absolute atomic E-state index is 0.184. The van der Waals surface area contributed by atoms with Crippen molar-refractivity contribution in [1.82, 2.24) is 9.55 Å². The predicted octanol–water partition coefficient (Wildman–Crippen LogP) is 3.39. The normalized spacial score (nSPS) is 20.4. The summed E-state index contributed by atoms with van der Waals surface area (Å²) in [5.74, 6) is 1.05. The first-order valence-corrected chi connectivity index (χ1v) is 8.01. The van der Waals surface area contributed by atoms with Crippen LogP contribution in [0.5, 0.6) is 0 Å². The van der Waals surface area contributed by atoms with Crippen LogP contribution in [0.15, 0.2) is 12.4 Å². The average molecular weight is 292 g/mol. The quantitative estimate of drug-likeness (QED) is 0.807. The maximum absolute atomic E-state index is 12.8. The molecule has 0 aromatic carbocycles. The molecule has 0 spiro atoms. The second-order valence-corrected chi connectivity index (χ2v) is 7.00. The Kier molecular flexibility index (Phi) is 4.87. The molecule has 4 nitrogen and oxygen atoms in total. The molecular weight excluding hydrogens is 264 g/mol. The van der Waals surface area contributed by atoms with Gasteiger partial charge in [0.1, 0.15) is 11.4 Å². The molecule has 118 valence electrons. The van der Waals surface area contributed by atoms with E-state index in [1.54, 1.807) is 13.3 Å². The van der Waals surface area contributed by atoms with Gasteiger partial charge < -0.3 is 9.30 Å².